The van der Waals surface area contributed by atoms with Gasteiger partial charge in [-0.3, -0.25) is 43.3 Å². The fourth-order valence-electron chi connectivity index (χ4n) is 7.53. The maximum absolute atomic E-state index is 14.2. The Morgan fingerprint density at radius 3 is 2.11 bits per heavy atom. The predicted molar refractivity (Wildman–Crippen MR) is 252 cm³/mol. The van der Waals surface area contributed by atoms with Crippen LogP contribution in [-0.4, -0.2) is 120 Å². The smallest absolute Gasteiger partial charge is 0.244 e. The summed E-state index contributed by atoms with van der Waals surface area (Å²) in [5.74, 6) is -6.71. The number of aliphatic imine (C=N–C) groups is 1. The highest BCUT2D eigenvalue weighted by atomic mass is 33.1. The molecule has 1 aliphatic carbocycles. The van der Waals surface area contributed by atoms with Crippen LogP contribution in [-0.2, 0) is 44.8 Å². The van der Waals surface area contributed by atoms with Gasteiger partial charge in [0.1, 0.15) is 36.3 Å². The molecular weight excluding hydrogens is 877 g/mol. The first kappa shape index (κ1) is 54.2. The zero-order valence-corrected chi connectivity index (χ0v) is 39.6. The molecule has 2 unspecified atom stereocenters. The van der Waals surface area contributed by atoms with Crippen molar-refractivity contribution in [2.45, 2.75) is 139 Å². The number of amides is 8. The first-order chi connectivity index (χ1) is 30.9. The minimum absolute atomic E-state index is 0.0456. The van der Waals surface area contributed by atoms with E-state index in [1.807, 2.05) is 19.9 Å². The molecule has 7 atom stereocenters. The van der Waals surface area contributed by atoms with E-state index >= 15 is 0 Å². The summed E-state index contributed by atoms with van der Waals surface area (Å²) in [4.78, 5) is 115. The van der Waals surface area contributed by atoms with Crippen LogP contribution >= 0.6 is 21.6 Å². The Balaban J connectivity index is 2.10. The largest absolute Gasteiger partial charge is 0.370 e. The number of carbonyl (C=O) groups is 8. The standard InChI is InChI=1S/C43H70N12O8S2/c1-5-26(4)35-41(63)51-29(21-27-13-8-6-9-14-27)38(60)55-34(25(2)3)40(62)52-30(22-32(45)56)37(59)53-31(24-64-65-43(23-33(57)54-35)16-10-7-11-17-43)39(61)50-28(36(58)48-20-18-44)15-12-19-49-42(46)47/h6,8-9,13-14,25-26,28-31,34-35H,5,7,10-12,15-24,44H2,1-4H3,(H2,45,56)(H,48,58)(H,50,61)(H,51,63)(H,52,62)(H,53,59)(H,54,57)(H,55,60)(H4,46,47,49)/t26-,28+,29?,30+,31?,34+,35-/m1/s1. The summed E-state index contributed by atoms with van der Waals surface area (Å²) in [5, 5.41) is 19.2. The molecule has 22 heteroatoms. The molecule has 2 aliphatic rings. The second kappa shape index (κ2) is 27.4. The molecule has 1 aromatic rings. The SMILES string of the molecule is CC[C@@H](C)[C@H]1NC(=O)CC2(CCCCC2)SSCC(C(=O)N[C@@H](CCCN=C(N)N)C(=O)NCCN)NC(=O)[C@H](CC(N)=O)NC(=O)[C@H](C(C)C)NC(=O)C(Cc2ccccc2)NC1=O. The Bertz CT molecular complexity index is 1810. The normalized spacial score (nSPS) is 23.6. The highest BCUT2D eigenvalue weighted by Gasteiger charge is 2.40. The minimum Gasteiger partial charge on any atom is -0.370 e. The highest BCUT2D eigenvalue weighted by molar-refractivity contribution is 8.77. The average Bonchev–Trinajstić information content (AvgIpc) is 3.26. The third-order valence-corrected chi connectivity index (χ3v) is 14.7. The fourth-order valence-corrected chi connectivity index (χ4v) is 10.9. The van der Waals surface area contributed by atoms with E-state index in [0.717, 1.165) is 24.8 Å². The summed E-state index contributed by atoms with van der Waals surface area (Å²) < 4.78 is -0.616. The van der Waals surface area contributed by atoms with Gasteiger partial charge in [-0.2, -0.15) is 0 Å². The van der Waals surface area contributed by atoms with Gasteiger partial charge in [-0.15, -0.1) is 0 Å². The number of guanidine groups is 1. The number of nitrogens with one attached hydrogen (secondary N) is 7. The van der Waals surface area contributed by atoms with Crippen LogP contribution < -0.4 is 60.2 Å². The van der Waals surface area contributed by atoms with Gasteiger partial charge in [0.15, 0.2) is 5.96 Å². The lowest BCUT2D eigenvalue weighted by molar-refractivity contribution is -0.136. The van der Waals surface area contributed by atoms with Crippen LogP contribution in [0.25, 0.3) is 0 Å². The van der Waals surface area contributed by atoms with Gasteiger partial charge in [0.05, 0.1) is 6.42 Å². The monoisotopic (exact) mass is 946 g/mol. The van der Waals surface area contributed by atoms with Crippen molar-refractivity contribution in [3.63, 3.8) is 0 Å². The molecule has 20 nitrogen and oxygen atoms in total. The number of hydrogen-bond donors (Lipinski definition) is 11. The number of benzene rings is 1. The van der Waals surface area contributed by atoms with E-state index in [0.29, 0.717) is 25.7 Å². The third-order valence-electron chi connectivity index (χ3n) is 11.4. The average molecular weight is 947 g/mol. The molecule has 2 fully saturated rings. The fraction of sp³-hybridized carbons (Fsp3) is 0.651. The molecule has 0 aromatic heterocycles. The Labute approximate surface area is 389 Å². The van der Waals surface area contributed by atoms with Crippen molar-refractivity contribution in [1.82, 2.24) is 37.2 Å². The first-order valence-electron chi connectivity index (χ1n) is 22.4. The van der Waals surface area contributed by atoms with Crippen LogP contribution in [0.2, 0.25) is 0 Å². The van der Waals surface area contributed by atoms with E-state index in [-0.39, 0.29) is 62.4 Å². The van der Waals surface area contributed by atoms with Gasteiger partial charge in [-0.05, 0) is 43.1 Å². The second-order valence-electron chi connectivity index (χ2n) is 17.1. The van der Waals surface area contributed by atoms with E-state index in [1.54, 1.807) is 38.1 Å². The van der Waals surface area contributed by atoms with Crippen LogP contribution in [0.5, 0.6) is 0 Å². The Morgan fingerprint density at radius 1 is 0.846 bits per heavy atom. The molecule has 1 saturated carbocycles. The summed E-state index contributed by atoms with van der Waals surface area (Å²) in [6.45, 7) is 7.51. The van der Waals surface area contributed by atoms with Crippen LogP contribution in [0.15, 0.2) is 35.3 Å². The number of carbonyl (C=O) groups excluding carboxylic acids is 8. The molecule has 362 valence electrons. The van der Waals surface area contributed by atoms with Crippen molar-refractivity contribution >= 4 is 74.8 Å². The number of nitrogens with two attached hydrogens (primary N) is 4. The third kappa shape index (κ3) is 18.4. The molecule has 0 bridgehead atoms. The second-order valence-corrected chi connectivity index (χ2v) is 19.9. The van der Waals surface area contributed by atoms with Gasteiger partial charge in [-0.1, -0.05) is 105 Å². The van der Waals surface area contributed by atoms with Crippen LogP contribution in [0.3, 0.4) is 0 Å². The zero-order valence-electron chi connectivity index (χ0n) is 38.0. The Kier molecular flexibility index (Phi) is 22.9. The van der Waals surface area contributed by atoms with E-state index in [9.17, 15) is 38.4 Å². The van der Waals surface area contributed by atoms with E-state index in [1.165, 1.54) is 21.6 Å². The van der Waals surface area contributed by atoms with E-state index < -0.39 is 94.7 Å². The first-order valence-corrected chi connectivity index (χ1v) is 24.7. The predicted octanol–water partition coefficient (Wildman–Crippen LogP) is -0.668. The van der Waals surface area contributed by atoms with Gasteiger partial charge in [-0.25, -0.2) is 0 Å². The molecule has 0 radical (unpaired) electrons. The van der Waals surface area contributed by atoms with Crippen molar-refractivity contribution in [3.8, 4) is 0 Å². The van der Waals surface area contributed by atoms with Crippen molar-refractivity contribution in [1.29, 1.82) is 0 Å². The summed E-state index contributed by atoms with van der Waals surface area (Å²) >= 11 is 0. The molecule has 8 amide bonds. The van der Waals surface area contributed by atoms with Crippen molar-refractivity contribution < 1.29 is 38.4 Å². The molecular formula is C43H70N12O8S2. The van der Waals surface area contributed by atoms with E-state index in [4.69, 9.17) is 22.9 Å². The van der Waals surface area contributed by atoms with Gasteiger partial charge < -0.3 is 60.2 Å². The van der Waals surface area contributed by atoms with Crippen molar-refractivity contribution in [2.75, 3.05) is 25.4 Å². The summed E-state index contributed by atoms with van der Waals surface area (Å²) in [5.41, 5.74) is 22.8. The molecule has 1 saturated heterocycles. The Hall–Kier alpha value is -5.09. The lowest BCUT2D eigenvalue weighted by Crippen LogP contribution is -2.61. The van der Waals surface area contributed by atoms with Crippen LogP contribution in [0.1, 0.15) is 97.5 Å². The summed E-state index contributed by atoms with van der Waals surface area (Å²) in [6, 6.07) is 1.48. The summed E-state index contributed by atoms with van der Waals surface area (Å²) in [7, 11) is 2.65. The van der Waals surface area contributed by atoms with Crippen LogP contribution in [0.4, 0.5) is 0 Å². The lowest BCUT2D eigenvalue weighted by Gasteiger charge is -2.37. The van der Waals surface area contributed by atoms with E-state index in [2.05, 4.69) is 42.2 Å². The molecule has 1 aromatic carbocycles. The lowest BCUT2D eigenvalue weighted by atomic mass is 9.85. The zero-order chi connectivity index (χ0) is 48.1. The van der Waals surface area contributed by atoms with Crippen LogP contribution in [0, 0.1) is 11.8 Å². The molecule has 1 aliphatic heterocycles. The van der Waals surface area contributed by atoms with Gasteiger partial charge in [0, 0.05) is 43.0 Å². The summed E-state index contributed by atoms with van der Waals surface area (Å²) in [6.07, 6.45) is 4.32. The molecule has 1 heterocycles. The molecule has 3 rings (SSSR count). The number of hydrogen-bond acceptors (Lipinski definition) is 12. The topological polar surface area (TPSA) is 337 Å². The van der Waals surface area contributed by atoms with Gasteiger partial charge in [0.2, 0.25) is 47.3 Å². The quantitative estimate of drug-likeness (QED) is 0.0425. The van der Waals surface area contributed by atoms with Gasteiger partial charge >= 0.3 is 0 Å². The minimum atomic E-state index is -1.59. The molecule has 65 heavy (non-hydrogen) atoms. The van der Waals surface area contributed by atoms with Crippen molar-refractivity contribution in [3.05, 3.63) is 35.9 Å². The molecule has 15 N–H and O–H groups in total. The Morgan fingerprint density at radius 2 is 1.49 bits per heavy atom. The number of primary amides is 1. The van der Waals surface area contributed by atoms with Gasteiger partial charge in [0.25, 0.3) is 0 Å². The maximum Gasteiger partial charge on any atom is 0.244 e. The van der Waals surface area contributed by atoms with Crippen molar-refractivity contribution in [2.24, 2.45) is 39.8 Å². The number of rotatable bonds is 16. The number of nitrogens with zero attached hydrogens (tertiary/aromatic N) is 1. The maximum atomic E-state index is 14.2. The molecule has 1 spiro atoms. The highest BCUT2D eigenvalue weighted by Crippen LogP contribution is 2.48.